The van der Waals surface area contributed by atoms with Crippen LogP contribution in [0.25, 0.3) is 0 Å². The van der Waals surface area contributed by atoms with Crippen molar-refractivity contribution in [3.05, 3.63) is 57.3 Å². The molecule has 0 amide bonds. The number of hydrogen-bond acceptors (Lipinski definition) is 2. The van der Waals surface area contributed by atoms with Crippen molar-refractivity contribution in [1.29, 1.82) is 0 Å². The number of hydrogen-bond donors (Lipinski definition) is 1. The van der Waals surface area contributed by atoms with Gasteiger partial charge in [0.2, 0.25) is 0 Å². The van der Waals surface area contributed by atoms with E-state index in [1.54, 1.807) is 12.1 Å². The van der Waals surface area contributed by atoms with Gasteiger partial charge in [0.25, 0.3) is 0 Å². The minimum atomic E-state index is -0.207. The van der Waals surface area contributed by atoms with Crippen LogP contribution < -0.4 is 5.32 Å². The van der Waals surface area contributed by atoms with Gasteiger partial charge in [-0.3, -0.25) is 0 Å². The Balaban J connectivity index is 1.93. The Hall–Kier alpha value is -0.880. The Morgan fingerprint density at radius 1 is 1.24 bits per heavy atom. The first-order valence-electron chi connectivity index (χ1n) is 5.38. The second-order valence-electron chi connectivity index (χ2n) is 3.86. The zero-order valence-electron chi connectivity index (χ0n) is 9.41. The summed E-state index contributed by atoms with van der Waals surface area (Å²) in [6.07, 6.45) is 0. The van der Waals surface area contributed by atoms with Crippen molar-refractivity contribution in [3.8, 4) is 0 Å². The molecule has 0 radical (unpaired) electrons. The van der Waals surface area contributed by atoms with Gasteiger partial charge in [-0.25, -0.2) is 4.39 Å². The first-order chi connectivity index (χ1) is 8.15. The van der Waals surface area contributed by atoms with Gasteiger partial charge in [-0.2, -0.15) is 0 Å². The third-order valence-electron chi connectivity index (χ3n) is 2.58. The zero-order valence-corrected chi connectivity index (χ0v) is 11.6. The molecule has 1 atom stereocenters. The van der Waals surface area contributed by atoms with E-state index in [9.17, 15) is 4.39 Å². The summed E-state index contributed by atoms with van der Waals surface area (Å²) in [7, 11) is 0. The molecule has 0 bridgehead atoms. The lowest BCUT2D eigenvalue weighted by molar-refractivity contribution is 0.445. The molecule has 1 aromatic carbocycles. The van der Waals surface area contributed by atoms with Crippen molar-refractivity contribution in [2.24, 2.45) is 0 Å². The summed E-state index contributed by atoms with van der Waals surface area (Å²) < 4.78 is 19.1. The largest absolute Gasteiger partial charge is 0.454 e. The van der Waals surface area contributed by atoms with E-state index in [1.165, 1.54) is 12.1 Å². The molecule has 1 unspecified atom stereocenters. The van der Waals surface area contributed by atoms with Gasteiger partial charge in [-0.15, -0.1) is 0 Å². The molecule has 0 aliphatic heterocycles. The molecule has 0 saturated heterocycles. The molecular weight excluding hydrogens is 332 g/mol. The topological polar surface area (TPSA) is 25.2 Å². The number of halogens is 2. The highest BCUT2D eigenvalue weighted by molar-refractivity contribution is 14.1. The lowest BCUT2D eigenvalue weighted by Crippen LogP contribution is -2.17. The normalized spacial score (nSPS) is 12.6. The third kappa shape index (κ3) is 3.54. The quantitative estimate of drug-likeness (QED) is 0.851. The molecule has 2 rings (SSSR count). The maximum absolute atomic E-state index is 12.8. The number of rotatable bonds is 4. The second kappa shape index (κ2) is 5.64. The Morgan fingerprint density at radius 2 is 1.94 bits per heavy atom. The summed E-state index contributed by atoms with van der Waals surface area (Å²) >= 11 is 2.14. The van der Waals surface area contributed by atoms with Crippen molar-refractivity contribution in [2.75, 3.05) is 0 Å². The number of benzene rings is 1. The molecule has 1 heterocycles. The fourth-order valence-corrected chi connectivity index (χ4v) is 2.03. The molecule has 0 saturated carbocycles. The molecule has 2 aromatic rings. The lowest BCUT2D eigenvalue weighted by atomic mass is 10.1. The summed E-state index contributed by atoms with van der Waals surface area (Å²) in [4.78, 5) is 0. The van der Waals surface area contributed by atoms with Crippen LogP contribution in [0.5, 0.6) is 0 Å². The van der Waals surface area contributed by atoms with Crippen molar-refractivity contribution in [2.45, 2.75) is 19.5 Å². The van der Waals surface area contributed by atoms with Gasteiger partial charge in [0, 0.05) is 6.04 Å². The molecule has 0 aliphatic rings. The van der Waals surface area contributed by atoms with Crippen LogP contribution in [0.4, 0.5) is 4.39 Å². The van der Waals surface area contributed by atoms with E-state index < -0.39 is 0 Å². The lowest BCUT2D eigenvalue weighted by Gasteiger charge is -2.13. The minimum absolute atomic E-state index is 0.165. The zero-order chi connectivity index (χ0) is 12.3. The molecule has 4 heteroatoms. The molecule has 1 aromatic heterocycles. The second-order valence-corrected chi connectivity index (χ2v) is 4.92. The van der Waals surface area contributed by atoms with E-state index in [1.807, 2.05) is 19.1 Å². The molecular formula is C13H13FINO. The number of furan rings is 1. The fourth-order valence-electron chi connectivity index (χ4n) is 1.57. The van der Waals surface area contributed by atoms with Gasteiger partial charge >= 0.3 is 0 Å². The minimum Gasteiger partial charge on any atom is -0.454 e. The third-order valence-corrected chi connectivity index (χ3v) is 3.16. The molecule has 0 spiro atoms. The summed E-state index contributed by atoms with van der Waals surface area (Å²) in [6.45, 7) is 2.71. The molecule has 2 nitrogen and oxygen atoms in total. The molecule has 17 heavy (non-hydrogen) atoms. The van der Waals surface area contributed by atoms with Crippen molar-refractivity contribution in [1.82, 2.24) is 5.32 Å². The summed E-state index contributed by atoms with van der Waals surface area (Å²) in [5.41, 5.74) is 1.06. The van der Waals surface area contributed by atoms with Crippen LogP contribution in [0.1, 0.15) is 24.3 Å². The molecule has 1 N–H and O–H groups in total. The van der Waals surface area contributed by atoms with E-state index in [4.69, 9.17) is 4.42 Å². The van der Waals surface area contributed by atoms with Crippen LogP contribution in [0, 0.1) is 9.58 Å². The highest BCUT2D eigenvalue weighted by Gasteiger charge is 2.06. The van der Waals surface area contributed by atoms with Crippen LogP contribution in [-0.4, -0.2) is 0 Å². The van der Waals surface area contributed by atoms with Crippen LogP contribution in [0.15, 0.2) is 40.8 Å². The van der Waals surface area contributed by atoms with Gasteiger partial charge in [0.15, 0.2) is 3.77 Å². The van der Waals surface area contributed by atoms with Crippen molar-refractivity contribution < 1.29 is 8.81 Å². The Labute approximate surface area is 113 Å². The van der Waals surface area contributed by atoms with Crippen LogP contribution in [0.3, 0.4) is 0 Å². The van der Waals surface area contributed by atoms with E-state index in [2.05, 4.69) is 27.9 Å². The van der Waals surface area contributed by atoms with E-state index >= 15 is 0 Å². The number of nitrogens with one attached hydrogen (secondary N) is 1. The van der Waals surface area contributed by atoms with Crippen LogP contribution >= 0.6 is 22.6 Å². The van der Waals surface area contributed by atoms with Crippen LogP contribution in [0.2, 0.25) is 0 Å². The van der Waals surface area contributed by atoms with Gasteiger partial charge in [-0.05, 0) is 59.3 Å². The fraction of sp³-hybridized carbons (Fsp3) is 0.231. The summed E-state index contributed by atoms with van der Waals surface area (Å²) in [6, 6.07) is 10.6. The Morgan fingerprint density at radius 3 is 2.53 bits per heavy atom. The predicted molar refractivity (Wildman–Crippen MR) is 73.1 cm³/mol. The monoisotopic (exact) mass is 345 g/mol. The Bertz CT molecular complexity index is 480. The average Bonchev–Trinajstić information content (AvgIpc) is 2.73. The van der Waals surface area contributed by atoms with Crippen molar-refractivity contribution in [3.63, 3.8) is 0 Å². The van der Waals surface area contributed by atoms with Gasteiger partial charge in [0.1, 0.15) is 11.6 Å². The molecule has 90 valence electrons. The summed E-state index contributed by atoms with van der Waals surface area (Å²) in [5.74, 6) is 0.699. The first-order valence-corrected chi connectivity index (χ1v) is 6.46. The van der Waals surface area contributed by atoms with Crippen LogP contribution in [-0.2, 0) is 6.54 Å². The Kier molecular flexibility index (Phi) is 4.17. The molecule has 0 aliphatic carbocycles. The summed E-state index contributed by atoms with van der Waals surface area (Å²) in [5, 5.41) is 3.33. The van der Waals surface area contributed by atoms with E-state index in [0.717, 1.165) is 15.1 Å². The maximum Gasteiger partial charge on any atom is 0.164 e. The van der Waals surface area contributed by atoms with Gasteiger partial charge in [-0.1, -0.05) is 12.1 Å². The smallest absolute Gasteiger partial charge is 0.164 e. The maximum atomic E-state index is 12.8. The SMILES string of the molecule is CC(NCc1ccc(I)o1)c1ccc(F)cc1. The highest BCUT2D eigenvalue weighted by Crippen LogP contribution is 2.15. The van der Waals surface area contributed by atoms with Gasteiger partial charge < -0.3 is 9.73 Å². The van der Waals surface area contributed by atoms with E-state index in [-0.39, 0.29) is 11.9 Å². The predicted octanol–water partition coefficient (Wildman–Crippen LogP) is 3.87. The van der Waals surface area contributed by atoms with E-state index in [0.29, 0.717) is 6.54 Å². The van der Waals surface area contributed by atoms with Gasteiger partial charge in [0.05, 0.1) is 6.54 Å². The standard InChI is InChI=1S/C13H13FINO/c1-9(10-2-4-11(14)5-3-10)16-8-12-6-7-13(15)17-12/h2-7,9,16H,8H2,1H3. The van der Waals surface area contributed by atoms with Crippen molar-refractivity contribution >= 4 is 22.6 Å². The first kappa shape index (κ1) is 12.6. The highest BCUT2D eigenvalue weighted by atomic mass is 127. The average molecular weight is 345 g/mol. The molecule has 0 fully saturated rings.